The van der Waals surface area contributed by atoms with Gasteiger partial charge in [-0.15, -0.1) is 0 Å². The van der Waals surface area contributed by atoms with Gasteiger partial charge in [0.1, 0.15) is 0 Å². The Balaban J connectivity index is 2.13. The van der Waals surface area contributed by atoms with Crippen molar-refractivity contribution in [2.45, 2.75) is 0 Å². The molecular formula is C7H12N4O. The normalized spacial score (nSPS) is 19.8. The SMILES string of the molecule is [2H]C(C#N)NCCN1CCNC1=O. The molecule has 66 valence electrons. The Kier molecular flexibility index (Phi) is 2.81. The molecule has 0 aromatic rings. The lowest BCUT2D eigenvalue weighted by molar-refractivity contribution is 0.217. The van der Waals surface area contributed by atoms with E-state index in [0.29, 0.717) is 26.2 Å². The van der Waals surface area contributed by atoms with Crippen LogP contribution in [-0.2, 0) is 0 Å². The maximum absolute atomic E-state index is 11.0. The van der Waals surface area contributed by atoms with Crippen LogP contribution in [0.4, 0.5) is 4.79 Å². The van der Waals surface area contributed by atoms with E-state index in [9.17, 15) is 4.79 Å². The van der Waals surface area contributed by atoms with Gasteiger partial charge in [-0.05, 0) is 0 Å². The van der Waals surface area contributed by atoms with Gasteiger partial charge >= 0.3 is 6.03 Å². The summed E-state index contributed by atoms with van der Waals surface area (Å²) in [7, 11) is 0. The van der Waals surface area contributed by atoms with Crippen LogP contribution in [0.2, 0.25) is 0 Å². The topological polar surface area (TPSA) is 68.2 Å². The van der Waals surface area contributed by atoms with Gasteiger partial charge in [0.15, 0.2) is 0 Å². The minimum atomic E-state index is -0.898. The third-order valence-corrected chi connectivity index (χ3v) is 1.64. The Hall–Kier alpha value is -1.28. The van der Waals surface area contributed by atoms with Crippen LogP contribution in [0.25, 0.3) is 0 Å². The van der Waals surface area contributed by atoms with E-state index in [0.717, 1.165) is 0 Å². The van der Waals surface area contributed by atoms with Crippen molar-refractivity contribution in [1.82, 2.24) is 15.5 Å². The largest absolute Gasteiger partial charge is 0.336 e. The quantitative estimate of drug-likeness (QED) is 0.537. The van der Waals surface area contributed by atoms with Gasteiger partial charge in [-0.3, -0.25) is 0 Å². The number of carbonyl (C=O) groups is 1. The first-order chi connectivity index (χ1) is 6.24. The van der Waals surface area contributed by atoms with Gasteiger partial charge in [-0.1, -0.05) is 0 Å². The summed E-state index contributed by atoms with van der Waals surface area (Å²) in [6.07, 6.45) is 0. The standard InChI is InChI=1S/C7H12N4O/c8-1-2-9-3-5-11-6-4-10-7(11)12/h9H,2-6H2,(H,10,12)/i2D. The molecule has 1 atom stereocenters. The minimum Gasteiger partial charge on any atom is -0.336 e. The molecule has 2 amide bonds. The Morgan fingerprint density at radius 3 is 3.33 bits per heavy atom. The van der Waals surface area contributed by atoms with Crippen molar-refractivity contribution in [3.05, 3.63) is 0 Å². The summed E-state index contributed by atoms with van der Waals surface area (Å²) in [5.74, 6) is 0. The van der Waals surface area contributed by atoms with Crippen LogP contribution in [0.5, 0.6) is 0 Å². The number of hydrogen-bond donors (Lipinski definition) is 2. The monoisotopic (exact) mass is 169 g/mol. The highest BCUT2D eigenvalue weighted by atomic mass is 16.2. The zero-order chi connectivity index (χ0) is 9.68. The second-order valence-corrected chi connectivity index (χ2v) is 2.45. The van der Waals surface area contributed by atoms with Crippen LogP contribution >= 0.6 is 0 Å². The van der Waals surface area contributed by atoms with E-state index in [-0.39, 0.29) is 6.03 Å². The summed E-state index contributed by atoms with van der Waals surface area (Å²) in [5.41, 5.74) is 0. The van der Waals surface area contributed by atoms with E-state index in [4.69, 9.17) is 6.63 Å². The van der Waals surface area contributed by atoms with Gasteiger partial charge < -0.3 is 15.5 Å². The molecule has 0 saturated carbocycles. The highest BCUT2D eigenvalue weighted by Gasteiger charge is 2.17. The van der Waals surface area contributed by atoms with Crippen molar-refractivity contribution in [1.29, 1.82) is 5.26 Å². The molecule has 1 aliphatic heterocycles. The molecule has 12 heavy (non-hydrogen) atoms. The predicted octanol–water partition coefficient (Wildman–Crippen LogP) is -0.875. The van der Waals surface area contributed by atoms with Gasteiger partial charge in [0.25, 0.3) is 0 Å². The molecule has 5 heteroatoms. The number of carbonyl (C=O) groups excluding carboxylic acids is 1. The lowest BCUT2D eigenvalue weighted by Crippen LogP contribution is -2.34. The van der Waals surface area contributed by atoms with Crippen LogP contribution < -0.4 is 10.6 Å². The van der Waals surface area contributed by atoms with Gasteiger partial charge in [0.05, 0.1) is 14.0 Å². The van der Waals surface area contributed by atoms with Crippen LogP contribution in [0.1, 0.15) is 1.37 Å². The first-order valence-corrected chi connectivity index (χ1v) is 3.82. The van der Waals surface area contributed by atoms with Crippen LogP contribution in [0, 0.1) is 11.3 Å². The number of amides is 2. The fourth-order valence-corrected chi connectivity index (χ4v) is 1.04. The number of rotatable bonds is 4. The van der Waals surface area contributed by atoms with E-state index in [1.807, 2.05) is 0 Å². The molecule has 0 aromatic carbocycles. The second-order valence-electron chi connectivity index (χ2n) is 2.45. The maximum atomic E-state index is 11.0. The number of hydrogen-bond acceptors (Lipinski definition) is 3. The van der Waals surface area contributed by atoms with Crippen LogP contribution in [0.3, 0.4) is 0 Å². The Labute approximate surface area is 72.7 Å². The van der Waals surface area contributed by atoms with E-state index in [1.165, 1.54) is 0 Å². The molecule has 1 rings (SSSR count). The summed E-state index contributed by atoms with van der Waals surface area (Å²) < 4.78 is 7.05. The lowest BCUT2D eigenvalue weighted by Gasteiger charge is -2.12. The predicted molar refractivity (Wildman–Crippen MR) is 43.5 cm³/mol. The van der Waals surface area contributed by atoms with E-state index < -0.39 is 6.52 Å². The van der Waals surface area contributed by atoms with Crippen LogP contribution in [-0.4, -0.2) is 43.6 Å². The molecule has 0 aliphatic carbocycles. The van der Waals surface area contributed by atoms with Crippen molar-refractivity contribution < 1.29 is 6.17 Å². The molecule has 1 fully saturated rings. The molecule has 1 aliphatic rings. The number of nitriles is 1. The molecule has 0 radical (unpaired) electrons. The maximum Gasteiger partial charge on any atom is 0.317 e. The fourth-order valence-electron chi connectivity index (χ4n) is 1.04. The second kappa shape index (κ2) is 4.57. The molecule has 0 bridgehead atoms. The molecule has 5 nitrogen and oxygen atoms in total. The van der Waals surface area contributed by atoms with Crippen molar-refractivity contribution in [2.75, 3.05) is 32.7 Å². The number of nitrogens with one attached hydrogen (secondary N) is 2. The number of nitrogens with zero attached hydrogens (tertiary/aromatic N) is 2. The van der Waals surface area contributed by atoms with Gasteiger partial charge in [0, 0.05) is 26.2 Å². The van der Waals surface area contributed by atoms with Crippen molar-refractivity contribution >= 4 is 6.03 Å². The Morgan fingerprint density at radius 1 is 1.92 bits per heavy atom. The Bertz CT molecular complexity index is 227. The average Bonchev–Trinajstić information content (AvgIpc) is 2.52. The summed E-state index contributed by atoms with van der Waals surface area (Å²) in [5, 5.41) is 13.6. The van der Waals surface area contributed by atoms with Gasteiger partial charge in [0.2, 0.25) is 0 Å². The summed E-state index contributed by atoms with van der Waals surface area (Å²) in [4.78, 5) is 12.6. The first kappa shape index (κ1) is 7.37. The summed E-state index contributed by atoms with van der Waals surface area (Å²) >= 11 is 0. The molecule has 2 N–H and O–H groups in total. The van der Waals surface area contributed by atoms with Gasteiger partial charge in [-0.2, -0.15) is 5.26 Å². The summed E-state index contributed by atoms with van der Waals surface area (Å²) in [6.45, 7) is 1.51. The fraction of sp³-hybridized carbons (Fsp3) is 0.714. The third-order valence-electron chi connectivity index (χ3n) is 1.64. The van der Waals surface area contributed by atoms with Crippen molar-refractivity contribution in [3.8, 4) is 6.07 Å². The van der Waals surface area contributed by atoms with E-state index in [2.05, 4.69) is 10.6 Å². The molecular weight excluding hydrogens is 156 g/mol. The van der Waals surface area contributed by atoms with Crippen molar-refractivity contribution in [3.63, 3.8) is 0 Å². The van der Waals surface area contributed by atoms with Crippen LogP contribution in [0.15, 0.2) is 0 Å². The van der Waals surface area contributed by atoms with Crippen molar-refractivity contribution in [2.24, 2.45) is 0 Å². The molecule has 0 spiro atoms. The zero-order valence-electron chi connectivity index (χ0n) is 7.71. The molecule has 1 heterocycles. The third kappa shape index (κ3) is 2.40. The summed E-state index contributed by atoms with van der Waals surface area (Å²) in [6, 6.07) is 1.67. The molecule has 1 saturated heterocycles. The highest BCUT2D eigenvalue weighted by molar-refractivity contribution is 5.76. The van der Waals surface area contributed by atoms with E-state index in [1.54, 1.807) is 11.0 Å². The van der Waals surface area contributed by atoms with Gasteiger partial charge in [-0.25, -0.2) is 4.79 Å². The highest BCUT2D eigenvalue weighted by Crippen LogP contribution is 1.93. The Morgan fingerprint density at radius 2 is 2.75 bits per heavy atom. The first-order valence-electron chi connectivity index (χ1n) is 4.40. The average molecular weight is 169 g/mol. The zero-order valence-corrected chi connectivity index (χ0v) is 6.71. The van der Waals surface area contributed by atoms with E-state index >= 15 is 0 Å². The molecule has 0 aromatic heterocycles. The minimum absolute atomic E-state index is 0.0692. The smallest absolute Gasteiger partial charge is 0.317 e. The lowest BCUT2D eigenvalue weighted by atomic mass is 10.5. The number of urea groups is 1. The molecule has 1 unspecified atom stereocenters.